The summed E-state index contributed by atoms with van der Waals surface area (Å²) in [6.07, 6.45) is -5.32. The molecule has 0 atom stereocenters. The lowest BCUT2D eigenvalue weighted by atomic mass is 10.2. The highest BCUT2D eigenvalue weighted by Crippen LogP contribution is 2.35. The van der Waals surface area contributed by atoms with E-state index in [0.29, 0.717) is 12.1 Å². The van der Waals surface area contributed by atoms with Gasteiger partial charge < -0.3 is 5.32 Å². The number of nitriles is 1. The van der Waals surface area contributed by atoms with Gasteiger partial charge in [-0.05, 0) is 12.1 Å². The van der Waals surface area contributed by atoms with Crippen molar-refractivity contribution in [2.45, 2.75) is 12.6 Å². The Kier molecular flexibility index (Phi) is 4.14. The number of anilines is 1. The number of carbonyl (C=O) groups excluding carboxylic acids is 1. The highest BCUT2D eigenvalue weighted by atomic mass is 35.5. The zero-order valence-electron chi connectivity index (χ0n) is 8.61. The highest BCUT2D eigenvalue weighted by Gasteiger charge is 2.32. The van der Waals surface area contributed by atoms with Gasteiger partial charge in [-0.2, -0.15) is 18.4 Å². The maximum absolute atomic E-state index is 13.4. The van der Waals surface area contributed by atoms with Crippen LogP contribution in [0.25, 0.3) is 0 Å². The molecule has 0 aliphatic carbocycles. The second-order valence-corrected chi connectivity index (χ2v) is 3.61. The number of alkyl halides is 3. The molecule has 0 saturated carbocycles. The summed E-state index contributed by atoms with van der Waals surface area (Å²) in [6.45, 7) is 0. The monoisotopic (exact) mass is 280 g/mol. The molecule has 0 aromatic heterocycles. The van der Waals surface area contributed by atoms with E-state index in [4.69, 9.17) is 16.9 Å². The standard InChI is InChI=1S/C10H5ClF4N2O/c11-6-3-5(10(13,14)15)4-7(9(6)12)17-8(18)1-2-16/h3-4H,1H2,(H,17,18). The average Bonchev–Trinajstić information content (AvgIpc) is 2.23. The second-order valence-electron chi connectivity index (χ2n) is 3.20. The van der Waals surface area contributed by atoms with Crippen molar-refractivity contribution in [3.63, 3.8) is 0 Å². The van der Waals surface area contributed by atoms with E-state index in [1.54, 1.807) is 0 Å². The molecule has 0 bridgehead atoms. The number of carbonyl (C=O) groups is 1. The summed E-state index contributed by atoms with van der Waals surface area (Å²) in [5.41, 5.74) is -1.91. The average molecular weight is 281 g/mol. The normalized spacial score (nSPS) is 10.9. The molecule has 1 aromatic rings. The van der Waals surface area contributed by atoms with Crippen LogP contribution in [0.4, 0.5) is 23.2 Å². The molecule has 1 N–H and O–H groups in total. The quantitative estimate of drug-likeness (QED) is 0.845. The number of hydrogen-bond acceptors (Lipinski definition) is 2. The number of rotatable bonds is 2. The van der Waals surface area contributed by atoms with E-state index in [2.05, 4.69) is 0 Å². The Labute approximate surface area is 104 Å². The van der Waals surface area contributed by atoms with Crippen molar-refractivity contribution < 1.29 is 22.4 Å². The molecule has 96 valence electrons. The van der Waals surface area contributed by atoms with Gasteiger partial charge in [0.05, 0.1) is 22.3 Å². The van der Waals surface area contributed by atoms with Crippen molar-refractivity contribution in [1.82, 2.24) is 0 Å². The molecule has 18 heavy (non-hydrogen) atoms. The molecule has 0 aliphatic heterocycles. The van der Waals surface area contributed by atoms with Gasteiger partial charge in [-0.15, -0.1) is 0 Å². The van der Waals surface area contributed by atoms with Crippen LogP contribution in [-0.4, -0.2) is 5.91 Å². The predicted octanol–water partition coefficient (Wildman–Crippen LogP) is 3.35. The Hall–Kier alpha value is -1.81. The lowest BCUT2D eigenvalue weighted by molar-refractivity contribution is -0.137. The number of benzene rings is 1. The molecule has 0 aliphatic rings. The van der Waals surface area contributed by atoms with E-state index in [9.17, 15) is 22.4 Å². The van der Waals surface area contributed by atoms with Crippen LogP contribution < -0.4 is 5.32 Å². The fraction of sp³-hybridized carbons (Fsp3) is 0.200. The van der Waals surface area contributed by atoms with Gasteiger partial charge in [0.25, 0.3) is 0 Å². The first-order valence-corrected chi connectivity index (χ1v) is 4.86. The first kappa shape index (κ1) is 14.3. The van der Waals surface area contributed by atoms with Crippen LogP contribution in [0.1, 0.15) is 12.0 Å². The number of nitrogens with one attached hydrogen (secondary N) is 1. The van der Waals surface area contributed by atoms with E-state index < -0.39 is 40.6 Å². The minimum Gasteiger partial charge on any atom is -0.323 e. The molecular formula is C10H5ClF4N2O. The molecule has 8 heteroatoms. The molecule has 0 radical (unpaired) electrons. The van der Waals surface area contributed by atoms with Gasteiger partial charge in [0, 0.05) is 0 Å². The van der Waals surface area contributed by atoms with Crippen molar-refractivity contribution in [3.8, 4) is 6.07 Å². The molecule has 0 fully saturated rings. The summed E-state index contributed by atoms with van der Waals surface area (Å²) < 4.78 is 50.6. The SMILES string of the molecule is N#CCC(=O)Nc1cc(C(F)(F)F)cc(Cl)c1F. The number of nitrogens with zero attached hydrogens (tertiary/aromatic N) is 1. The first-order chi connectivity index (χ1) is 8.25. The van der Waals surface area contributed by atoms with Crippen LogP contribution in [0, 0.1) is 17.1 Å². The van der Waals surface area contributed by atoms with E-state index in [1.807, 2.05) is 5.32 Å². The Bertz CT molecular complexity index is 522. The molecule has 1 amide bonds. The molecule has 0 unspecified atom stereocenters. The molecular weight excluding hydrogens is 276 g/mol. The Morgan fingerprint density at radius 1 is 1.44 bits per heavy atom. The van der Waals surface area contributed by atoms with Crippen molar-refractivity contribution in [1.29, 1.82) is 5.26 Å². The van der Waals surface area contributed by atoms with Crippen LogP contribution in [0.5, 0.6) is 0 Å². The van der Waals surface area contributed by atoms with Crippen LogP contribution in [0.3, 0.4) is 0 Å². The van der Waals surface area contributed by atoms with Gasteiger partial charge in [0.2, 0.25) is 5.91 Å². The maximum Gasteiger partial charge on any atom is 0.416 e. The van der Waals surface area contributed by atoms with Gasteiger partial charge in [-0.25, -0.2) is 4.39 Å². The fourth-order valence-corrected chi connectivity index (χ4v) is 1.33. The zero-order valence-corrected chi connectivity index (χ0v) is 9.36. The summed E-state index contributed by atoms with van der Waals surface area (Å²) in [5, 5.41) is 9.29. The Balaban J connectivity index is 3.16. The molecule has 1 aromatic carbocycles. The lowest BCUT2D eigenvalue weighted by Gasteiger charge is -2.11. The highest BCUT2D eigenvalue weighted by molar-refractivity contribution is 6.31. The summed E-state index contributed by atoms with van der Waals surface area (Å²) in [7, 11) is 0. The van der Waals surface area contributed by atoms with Crippen molar-refractivity contribution >= 4 is 23.2 Å². The third-order valence-electron chi connectivity index (χ3n) is 1.87. The second kappa shape index (κ2) is 5.23. The van der Waals surface area contributed by atoms with Gasteiger partial charge in [0.15, 0.2) is 5.82 Å². The lowest BCUT2D eigenvalue weighted by Crippen LogP contribution is -2.13. The smallest absolute Gasteiger partial charge is 0.323 e. The largest absolute Gasteiger partial charge is 0.416 e. The van der Waals surface area contributed by atoms with Gasteiger partial charge in [0.1, 0.15) is 6.42 Å². The van der Waals surface area contributed by atoms with E-state index in [0.717, 1.165) is 0 Å². The third-order valence-corrected chi connectivity index (χ3v) is 2.14. The Morgan fingerprint density at radius 3 is 2.56 bits per heavy atom. The molecule has 0 saturated heterocycles. The summed E-state index contributed by atoms with van der Waals surface area (Å²) in [5.74, 6) is -2.11. The van der Waals surface area contributed by atoms with Crippen LogP contribution in [-0.2, 0) is 11.0 Å². The van der Waals surface area contributed by atoms with Crippen molar-refractivity contribution in [2.24, 2.45) is 0 Å². The van der Waals surface area contributed by atoms with Crippen LogP contribution in [0.2, 0.25) is 5.02 Å². The summed E-state index contributed by atoms with van der Waals surface area (Å²) >= 11 is 5.29. The third kappa shape index (κ3) is 3.34. The molecule has 0 heterocycles. The first-order valence-electron chi connectivity index (χ1n) is 4.48. The Morgan fingerprint density at radius 2 is 2.06 bits per heavy atom. The zero-order chi connectivity index (χ0) is 13.9. The maximum atomic E-state index is 13.4. The van der Waals surface area contributed by atoms with E-state index >= 15 is 0 Å². The number of halogens is 5. The fourth-order valence-electron chi connectivity index (χ4n) is 1.11. The molecule has 1 rings (SSSR count). The van der Waals surface area contributed by atoms with Crippen molar-refractivity contribution in [2.75, 3.05) is 5.32 Å². The van der Waals surface area contributed by atoms with E-state index in [-0.39, 0.29) is 0 Å². The molecule has 3 nitrogen and oxygen atoms in total. The minimum atomic E-state index is -4.72. The van der Waals surface area contributed by atoms with Crippen LogP contribution >= 0.6 is 11.6 Å². The van der Waals surface area contributed by atoms with Crippen LogP contribution in [0.15, 0.2) is 12.1 Å². The number of amides is 1. The summed E-state index contributed by atoms with van der Waals surface area (Å²) in [6, 6.07) is 2.30. The van der Waals surface area contributed by atoms with Gasteiger partial charge in [-0.3, -0.25) is 4.79 Å². The minimum absolute atomic E-state index is 0.413. The van der Waals surface area contributed by atoms with Gasteiger partial charge in [-0.1, -0.05) is 11.6 Å². The molecule has 0 spiro atoms. The topological polar surface area (TPSA) is 52.9 Å². The van der Waals surface area contributed by atoms with E-state index in [1.165, 1.54) is 6.07 Å². The number of hydrogen-bond donors (Lipinski definition) is 1. The predicted molar refractivity (Wildman–Crippen MR) is 55.3 cm³/mol. The van der Waals surface area contributed by atoms with Crippen molar-refractivity contribution in [3.05, 3.63) is 28.5 Å². The van der Waals surface area contributed by atoms with Gasteiger partial charge >= 0.3 is 6.18 Å². The summed E-state index contributed by atoms with van der Waals surface area (Å²) in [4.78, 5) is 11.0.